The molecule has 4 heteroatoms. The average molecular weight is 381 g/mol. The number of nitrogens with one attached hydrogen (secondary N) is 1. The molecule has 5 rings (SSSR count). The number of imidazole rings is 1. The van der Waals surface area contributed by atoms with E-state index < -0.39 is 0 Å². The van der Waals surface area contributed by atoms with E-state index in [9.17, 15) is 4.79 Å². The summed E-state index contributed by atoms with van der Waals surface area (Å²) in [6, 6.07) is 28.7. The second-order valence-electron chi connectivity index (χ2n) is 7.71. The molecule has 1 amide bonds. The Labute approximate surface area is 170 Å². The van der Waals surface area contributed by atoms with Crippen LogP contribution in [-0.2, 0) is 4.79 Å². The summed E-state index contributed by atoms with van der Waals surface area (Å²) in [5.41, 5.74) is 4.41. The molecule has 29 heavy (non-hydrogen) atoms. The van der Waals surface area contributed by atoms with E-state index in [1.165, 1.54) is 11.1 Å². The molecule has 0 bridgehead atoms. The van der Waals surface area contributed by atoms with Gasteiger partial charge in [0, 0.05) is 25.4 Å². The summed E-state index contributed by atoms with van der Waals surface area (Å²) in [6.07, 6.45) is 0.487. The Hall–Kier alpha value is -3.40. The number of benzene rings is 3. The van der Waals surface area contributed by atoms with Crippen molar-refractivity contribution in [3.05, 3.63) is 102 Å². The van der Waals surface area contributed by atoms with E-state index in [-0.39, 0.29) is 11.8 Å². The van der Waals surface area contributed by atoms with Gasteiger partial charge in [-0.3, -0.25) is 4.79 Å². The number of nitrogens with zero attached hydrogens (tertiary/aromatic N) is 2. The largest absolute Gasteiger partial charge is 0.342 e. The van der Waals surface area contributed by atoms with Crippen LogP contribution in [0.25, 0.3) is 11.0 Å². The van der Waals surface area contributed by atoms with Crippen LogP contribution in [0.2, 0.25) is 0 Å². The van der Waals surface area contributed by atoms with Gasteiger partial charge in [-0.15, -0.1) is 0 Å². The molecule has 0 spiro atoms. The highest BCUT2D eigenvalue weighted by molar-refractivity contribution is 5.79. The highest BCUT2D eigenvalue weighted by Gasteiger charge is 2.34. The molecule has 144 valence electrons. The van der Waals surface area contributed by atoms with Crippen LogP contribution in [0.1, 0.15) is 35.2 Å². The second kappa shape index (κ2) is 7.55. The van der Waals surface area contributed by atoms with Gasteiger partial charge < -0.3 is 9.88 Å². The maximum absolute atomic E-state index is 13.0. The van der Waals surface area contributed by atoms with Crippen molar-refractivity contribution in [2.45, 2.75) is 18.3 Å². The van der Waals surface area contributed by atoms with Gasteiger partial charge in [0.2, 0.25) is 5.91 Å². The second-order valence-corrected chi connectivity index (χ2v) is 7.71. The van der Waals surface area contributed by atoms with E-state index in [2.05, 4.69) is 29.2 Å². The van der Waals surface area contributed by atoms with Crippen LogP contribution in [0.15, 0.2) is 84.9 Å². The first-order chi connectivity index (χ1) is 14.3. The molecule has 4 aromatic rings. The summed E-state index contributed by atoms with van der Waals surface area (Å²) in [5.74, 6) is 1.56. The van der Waals surface area contributed by atoms with Crippen LogP contribution in [0, 0.1) is 0 Å². The number of aromatic amines is 1. The molecular formula is C25H23N3O. The number of fused-ring (bicyclic) bond motifs is 1. The van der Waals surface area contributed by atoms with E-state index in [1.807, 2.05) is 65.6 Å². The van der Waals surface area contributed by atoms with Crippen LogP contribution in [0.5, 0.6) is 0 Å². The minimum atomic E-state index is 0.0788. The highest BCUT2D eigenvalue weighted by atomic mass is 16.2. The number of hydrogen-bond acceptors (Lipinski definition) is 2. The fourth-order valence-electron chi connectivity index (χ4n) is 4.12. The molecule has 3 aromatic carbocycles. The molecule has 0 atom stereocenters. The number of carbonyl (C=O) groups excluding carboxylic acids is 1. The van der Waals surface area contributed by atoms with Gasteiger partial charge >= 0.3 is 0 Å². The summed E-state index contributed by atoms with van der Waals surface area (Å²) < 4.78 is 0. The minimum absolute atomic E-state index is 0.0788. The molecule has 0 saturated carbocycles. The molecule has 2 heterocycles. The molecule has 0 unspecified atom stereocenters. The molecular weight excluding hydrogens is 358 g/mol. The molecule has 1 aliphatic heterocycles. The number of hydrogen-bond donors (Lipinski definition) is 1. The maximum Gasteiger partial charge on any atom is 0.223 e. The summed E-state index contributed by atoms with van der Waals surface area (Å²) in [4.78, 5) is 23.1. The smallest absolute Gasteiger partial charge is 0.223 e. The van der Waals surface area contributed by atoms with Crippen LogP contribution in [0.3, 0.4) is 0 Å². The lowest BCUT2D eigenvalue weighted by atomic mass is 9.87. The van der Waals surface area contributed by atoms with E-state index in [0.717, 1.165) is 29.9 Å². The third-order valence-electron chi connectivity index (χ3n) is 5.81. The first-order valence-electron chi connectivity index (χ1n) is 10.1. The molecule has 4 nitrogen and oxygen atoms in total. The van der Waals surface area contributed by atoms with Crippen LogP contribution >= 0.6 is 0 Å². The molecule has 0 radical (unpaired) electrons. The first kappa shape index (κ1) is 17.7. The number of rotatable bonds is 5. The maximum atomic E-state index is 13.0. The normalized spacial score (nSPS) is 14.3. The van der Waals surface area contributed by atoms with Gasteiger partial charge in [0.15, 0.2) is 0 Å². The molecule has 1 fully saturated rings. The summed E-state index contributed by atoms with van der Waals surface area (Å²) in [7, 11) is 0. The van der Waals surface area contributed by atoms with Crippen molar-refractivity contribution in [1.82, 2.24) is 14.9 Å². The van der Waals surface area contributed by atoms with Crippen molar-refractivity contribution < 1.29 is 4.79 Å². The van der Waals surface area contributed by atoms with Gasteiger partial charge in [-0.1, -0.05) is 72.8 Å². The van der Waals surface area contributed by atoms with Gasteiger partial charge in [0.25, 0.3) is 0 Å². The Balaban J connectivity index is 1.29. The Kier molecular flexibility index (Phi) is 4.60. The van der Waals surface area contributed by atoms with E-state index in [4.69, 9.17) is 4.98 Å². The summed E-state index contributed by atoms with van der Waals surface area (Å²) in [5, 5.41) is 0. The van der Waals surface area contributed by atoms with Crippen LogP contribution < -0.4 is 0 Å². The zero-order valence-electron chi connectivity index (χ0n) is 16.2. The molecule has 1 aromatic heterocycles. The highest BCUT2D eigenvalue weighted by Crippen LogP contribution is 2.32. The molecule has 1 saturated heterocycles. The number of para-hydroxylation sites is 2. The Morgan fingerprint density at radius 1 is 0.897 bits per heavy atom. The predicted octanol–water partition coefficient (Wildman–Crippen LogP) is 4.71. The zero-order chi connectivity index (χ0) is 19.6. The van der Waals surface area contributed by atoms with Crippen LogP contribution in [-0.4, -0.2) is 33.9 Å². The van der Waals surface area contributed by atoms with Gasteiger partial charge in [0.1, 0.15) is 5.82 Å². The fraction of sp³-hybridized carbons (Fsp3) is 0.200. The van der Waals surface area contributed by atoms with Gasteiger partial charge in [0.05, 0.1) is 17.0 Å². The van der Waals surface area contributed by atoms with Crippen molar-refractivity contribution in [2.75, 3.05) is 13.1 Å². The number of aromatic nitrogens is 2. The zero-order valence-corrected chi connectivity index (χ0v) is 16.2. The predicted molar refractivity (Wildman–Crippen MR) is 115 cm³/mol. The Bertz CT molecular complexity index is 1040. The van der Waals surface area contributed by atoms with Crippen molar-refractivity contribution in [3.63, 3.8) is 0 Å². The lowest BCUT2D eigenvalue weighted by Gasteiger charge is -2.39. The standard InChI is InChI=1S/C25H23N3O/c29-24(15-21(18-9-3-1-4-10-18)19-11-5-2-6-12-19)28-16-20(17-28)25-26-22-13-7-8-14-23(22)27-25/h1-14,20-21H,15-17H2,(H,26,27). The fourth-order valence-corrected chi connectivity index (χ4v) is 4.12. The monoisotopic (exact) mass is 381 g/mol. The van der Waals surface area contributed by atoms with Crippen molar-refractivity contribution in [3.8, 4) is 0 Å². The lowest BCUT2D eigenvalue weighted by Crippen LogP contribution is -2.49. The summed E-state index contributed by atoms with van der Waals surface area (Å²) >= 11 is 0. The van der Waals surface area contributed by atoms with Crippen LogP contribution in [0.4, 0.5) is 0 Å². The van der Waals surface area contributed by atoms with E-state index in [0.29, 0.717) is 12.3 Å². The van der Waals surface area contributed by atoms with Gasteiger partial charge in [-0.05, 0) is 23.3 Å². The molecule has 1 N–H and O–H groups in total. The first-order valence-corrected chi connectivity index (χ1v) is 10.1. The molecule has 1 aliphatic rings. The van der Waals surface area contributed by atoms with Crippen molar-refractivity contribution >= 4 is 16.9 Å². The third-order valence-corrected chi connectivity index (χ3v) is 5.81. The average Bonchev–Trinajstić information content (AvgIpc) is 3.16. The Morgan fingerprint density at radius 3 is 2.10 bits per heavy atom. The van der Waals surface area contributed by atoms with Crippen molar-refractivity contribution in [1.29, 1.82) is 0 Å². The number of amides is 1. The number of carbonyl (C=O) groups is 1. The van der Waals surface area contributed by atoms with E-state index in [1.54, 1.807) is 0 Å². The Morgan fingerprint density at radius 2 is 1.48 bits per heavy atom. The van der Waals surface area contributed by atoms with E-state index >= 15 is 0 Å². The van der Waals surface area contributed by atoms with Crippen molar-refractivity contribution in [2.24, 2.45) is 0 Å². The van der Waals surface area contributed by atoms with Gasteiger partial charge in [-0.25, -0.2) is 4.98 Å². The quantitative estimate of drug-likeness (QED) is 0.544. The number of H-pyrrole nitrogens is 1. The third kappa shape index (κ3) is 3.54. The summed E-state index contributed by atoms with van der Waals surface area (Å²) in [6.45, 7) is 1.46. The SMILES string of the molecule is O=C(CC(c1ccccc1)c1ccccc1)N1CC(c2nc3ccccc3[nH]2)C1. The molecule has 0 aliphatic carbocycles. The topological polar surface area (TPSA) is 49.0 Å². The number of likely N-dealkylation sites (tertiary alicyclic amines) is 1. The minimum Gasteiger partial charge on any atom is -0.342 e. The van der Waals surface area contributed by atoms with Gasteiger partial charge in [-0.2, -0.15) is 0 Å². The lowest BCUT2D eigenvalue weighted by molar-refractivity contribution is -0.136.